The largest absolute Gasteiger partial charge is 0.497 e. The van der Waals surface area contributed by atoms with Gasteiger partial charge in [0.15, 0.2) is 11.5 Å². The van der Waals surface area contributed by atoms with Crippen LogP contribution in [0.2, 0.25) is 0 Å². The molecule has 7 nitrogen and oxygen atoms in total. The van der Waals surface area contributed by atoms with Gasteiger partial charge < -0.3 is 4.74 Å². The summed E-state index contributed by atoms with van der Waals surface area (Å²) < 4.78 is 8.62. The van der Waals surface area contributed by atoms with Crippen molar-refractivity contribution < 1.29 is 4.74 Å². The smallest absolute Gasteiger partial charge is 0.185 e. The molecule has 0 N–H and O–H groups in total. The van der Waals surface area contributed by atoms with Crippen molar-refractivity contribution in [3.05, 3.63) is 36.9 Å². The van der Waals surface area contributed by atoms with Crippen molar-refractivity contribution in [3.63, 3.8) is 0 Å². The van der Waals surface area contributed by atoms with E-state index in [0.717, 1.165) is 27.9 Å². The van der Waals surface area contributed by atoms with E-state index in [9.17, 15) is 0 Å². The van der Waals surface area contributed by atoms with Crippen LogP contribution in [0.15, 0.2) is 36.9 Å². The van der Waals surface area contributed by atoms with Crippen LogP contribution in [0, 0.1) is 0 Å². The Hall–Kier alpha value is -2.96. The van der Waals surface area contributed by atoms with Crippen molar-refractivity contribution in [2.45, 2.75) is 0 Å². The van der Waals surface area contributed by atoms with E-state index in [4.69, 9.17) is 4.74 Å². The number of hydrogen-bond acceptors (Lipinski definition) is 5. The van der Waals surface area contributed by atoms with Crippen molar-refractivity contribution >= 4 is 16.6 Å². The van der Waals surface area contributed by atoms with Gasteiger partial charge in [0.2, 0.25) is 0 Å². The molecule has 0 unspecified atom stereocenters. The average molecular weight is 280 g/mol. The summed E-state index contributed by atoms with van der Waals surface area (Å²) in [6.45, 7) is 0. The van der Waals surface area contributed by atoms with E-state index >= 15 is 0 Å². The Morgan fingerprint density at radius 1 is 1.24 bits per heavy atom. The van der Waals surface area contributed by atoms with E-state index in [1.54, 1.807) is 28.8 Å². The van der Waals surface area contributed by atoms with E-state index in [1.165, 1.54) is 0 Å². The number of hydrogen-bond donors (Lipinski definition) is 0. The van der Waals surface area contributed by atoms with Crippen LogP contribution in [0.4, 0.5) is 0 Å². The summed E-state index contributed by atoms with van der Waals surface area (Å²) in [5.74, 6) is 1.40. The van der Waals surface area contributed by atoms with Gasteiger partial charge in [0.1, 0.15) is 12.1 Å². The minimum Gasteiger partial charge on any atom is -0.497 e. The van der Waals surface area contributed by atoms with Gasteiger partial charge >= 0.3 is 0 Å². The second kappa shape index (κ2) is 4.27. The molecule has 0 aliphatic rings. The molecule has 1 aromatic carbocycles. The van der Waals surface area contributed by atoms with Gasteiger partial charge in [-0.05, 0) is 12.1 Å². The standard InChI is InChI=1S/C14H12N6O/c1-19-7-9(6-16-19)13-17-14-11-4-3-10(21-2)5-12(11)15-8-20(14)18-13/h3-8H,1-2H3. The number of methoxy groups -OCH3 is 1. The third-order valence-electron chi connectivity index (χ3n) is 3.35. The van der Waals surface area contributed by atoms with Crippen LogP contribution in [0.1, 0.15) is 0 Å². The first kappa shape index (κ1) is 11.8. The number of aryl methyl sites for hydroxylation is 1. The molecule has 104 valence electrons. The van der Waals surface area contributed by atoms with E-state index in [2.05, 4.69) is 20.2 Å². The zero-order chi connectivity index (χ0) is 14.4. The Morgan fingerprint density at radius 2 is 2.14 bits per heavy atom. The molecule has 21 heavy (non-hydrogen) atoms. The maximum Gasteiger partial charge on any atom is 0.185 e. The molecule has 4 rings (SSSR count). The molecular weight excluding hydrogens is 268 g/mol. The number of rotatable bonds is 2. The number of fused-ring (bicyclic) bond motifs is 3. The summed E-state index contributed by atoms with van der Waals surface area (Å²) in [6.07, 6.45) is 5.28. The highest BCUT2D eigenvalue weighted by Crippen LogP contribution is 2.23. The lowest BCUT2D eigenvalue weighted by atomic mass is 10.2. The molecule has 0 aliphatic carbocycles. The molecule has 3 heterocycles. The van der Waals surface area contributed by atoms with E-state index in [1.807, 2.05) is 31.4 Å². The van der Waals surface area contributed by atoms with E-state index in [-0.39, 0.29) is 0 Å². The van der Waals surface area contributed by atoms with Crippen molar-refractivity contribution in [2.75, 3.05) is 7.11 Å². The summed E-state index contributed by atoms with van der Waals surface area (Å²) in [4.78, 5) is 8.99. The summed E-state index contributed by atoms with van der Waals surface area (Å²) in [7, 11) is 3.50. The summed E-state index contributed by atoms with van der Waals surface area (Å²) in [5, 5.41) is 9.52. The third-order valence-corrected chi connectivity index (χ3v) is 3.35. The normalized spacial score (nSPS) is 11.3. The fraction of sp³-hybridized carbons (Fsp3) is 0.143. The van der Waals surface area contributed by atoms with Crippen LogP contribution in [0.3, 0.4) is 0 Å². The summed E-state index contributed by atoms with van der Waals surface area (Å²) >= 11 is 0. The zero-order valence-electron chi connectivity index (χ0n) is 11.6. The molecule has 0 saturated heterocycles. The first-order valence-electron chi connectivity index (χ1n) is 6.43. The quantitative estimate of drug-likeness (QED) is 0.559. The molecule has 0 amide bonds. The van der Waals surface area contributed by atoms with Crippen LogP contribution in [-0.4, -0.2) is 36.5 Å². The van der Waals surface area contributed by atoms with Crippen LogP contribution in [-0.2, 0) is 7.05 Å². The lowest BCUT2D eigenvalue weighted by Gasteiger charge is -2.01. The molecule has 0 atom stereocenters. The molecule has 3 aromatic heterocycles. The predicted molar refractivity (Wildman–Crippen MR) is 77.0 cm³/mol. The first-order valence-corrected chi connectivity index (χ1v) is 6.43. The summed E-state index contributed by atoms with van der Waals surface area (Å²) in [5.41, 5.74) is 2.47. The molecule has 0 fully saturated rings. The molecule has 0 radical (unpaired) electrons. The van der Waals surface area contributed by atoms with E-state index < -0.39 is 0 Å². The molecule has 4 aromatic rings. The van der Waals surface area contributed by atoms with Gasteiger partial charge in [-0.1, -0.05) is 0 Å². The highest BCUT2D eigenvalue weighted by molar-refractivity contribution is 5.92. The van der Waals surface area contributed by atoms with Gasteiger partial charge in [-0.15, -0.1) is 5.10 Å². The van der Waals surface area contributed by atoms with Crippen LogP contribution in [0.5, 0.6) is 5.75 Å². The van der Waals surface area contributed by atoms with Crippen molar-refractivity contribution in [2.24, 2.45) is 7.05 Å². The molecule has 0 bridgehead atoms. The maximum atomic E-state index is 5.22. The van der Waals surface area contributed by atoms with Gasteiger partial charge in [0.05, 0.1) is 24.4 Å². The van der Waals surface area contributed by atoms with Gasteiger partial charge in [-0.2, -0.15) is 5.10 Å². The monoisotopic (exact) mass is 280 g/mol. The average Bonchev–Trinajstić information content (AvgIpc) is 3.12. The highest BCUT2D eigenvalue weighted by atomic mass is 16.5. The molecular formula is C14H12N6O. The van der Waals surface area contributed by atoms with Gasteiger partial charge in [0.25, 0.3) is 0 Å². The second-order valence-electron chi connectivity index (χ2n) is 4.73. The fourth-order valence-electron chi connectivity index (χ4n) is 2.30. The number of benzene rings is 1. The minimum atomic E-state index is 0.633. The first-order chi connectivity index (χ1) is 10.2. The maximum absolute atomic E-state index is 5.22. The second-order valence-corrected chi connectivity index (χ2v) is 4.73. The number of ether oxygens (including phenoxy) is 1. The van der Waals surface area contributed by atoms with Gasteiger partial charge in [-0.25, -0.2) is 14.5 Å². The predicted octanol–water partition coefficient (Wildman–Crippen LogP) is 1.69. The fourth-order valence-corrected chi connectivity index (χ4v) is 2.30. The zero-order valence-corrected chi connectivity index (χ0v) is 11.6. The topological polar surface area (TPSA) is 70.1 Å². The van der Waals surface area contributed by atoms with Crippen molar-refractivity contribution in [1.82, 2.24) is 29.4 Å². The Labute approximate surface area is 119 Å². The Bertz CT molecular complexity index is 955. The third kappa shape index (κ3) is 1.82. The lowest BCUT2D eigenvalue weighted by molar-refractivity contribution is 0.415. The Morgan fingerprint density at radius 3 is 2.90 bits per heavy atom. The Balaban J connectivity index is 1.96. The van der Waals surface area contributed by atoms with Crippen LogP contribution >= 0.6 is 0 Å². The van der Waals surface area contributed by atoms with Crippen LogP contribution < -0.4 is 4.74 Å². The molecule has 0 saturated carbocycles. The van der Waals surface area contributed by atoms with Gasteiger partial charge in [-0.3, -0.25) is 4.68 Å². The number of nitrogens with zero attached hydrogens (tertiary/aromatic N) is 6. The van der Waals surface area contributed by atoms with Crippen molar-refractivity contribution in [3.8, 4) is 17.1 Å². The summed E-state index contributed by atoms with van der Waals surface area (Å²) in [6, 6.07) is 5.72. The van der Waals surface area contributed by atoms with E-state index in [0.29, 0.717) is 5.82 Å². The highest BCUT2D eigenvalue weighted by Gasteiger charge is 2.11. The molecule has 0 aliphatic heterocycles. The van der Waals surface area contributed by atoms with Crippen molar-refractivity contribution in [1.29, 1.82) is 0 Å². The molecule has 0 spiro atoms. The Kier molecular flexibility index (Phi) is 2.41. The van der Waals surface area contributed by atoms with Gasteiger partial charge in [0, 0.05) is 24.7 Å². The molecule has 7 heteroatoms. The number of aromatic nitrogens is 6. The SMILES string of the molecule is COc1ccc2c(c1)ncn1nc(-c3cnn(C)c3)nc21. The van der Waals surface area contributed by atoms with Crippen LogP contribution in [0.25, 0.3) is 27.9 Å². The minimum absolute atomic E-state index is 0.633. The lowest BCUT2D eigenvalue weighted by Crippen LogP contribution is -1.92.